The number of aliphatic hydroxyl groups is 1. The van der Waals surface area contributed by atoms with Crippen LogP contribution in [0.5, 0.6) is 0 Å². The van der Waals surface area contributed by atoms with Crippen LogP contribution in [0.3, 0.4) is 0 Å². The van der Waals surface area contributed by atoms with Crippen molar-refractivity contribution in [2.75, 3.05) is 6.54 Å². The van der Waals surface area contributed by atoms with Crippen molar-refractivity contribution < 1.29 is 27.6 Å². The second kappa shape index (κ2) is 5.64. The van der Waals surface area contributed by atoms with Gasteiger partial charge >= 0.3 is 6.09 Å². The van der Waals surface area contributed by atoms with E-state index in [1.165, 1.54) is 0 Å². The Labute approximate surface area is 114 Å². The highest BCUT2D eigenvalue weighted by atomic mass is 32.2. The number of hydrogen-bond acceptors (Lipinski definition) is 5. The van der Waals surface area contributed by atoms with Crippen molar-refractivity contribution in [1.82, 2.24) is 4.90 Å². The van der Waals surface area contributed by atoms with Gasteiger partial charge in [0.2, 0.25) is 0 Å². The minimum absolute atomic E-state index is 0.572. The highest BCUT2D eigenvalue weighted by Gasteiger charge is 2.35. The maximum absolute atomic E-state index is 12.0. The molecule has 0 aliphatic carbocycles. The van der Waals surface area contributed by atoms with Crippen LogP contribution in [0.25, 0.3) is 0 Å². The van der Waals surface area contributed by atoms with Crippen LogP contribution >= 0.6 is 0 Å². The van der Waals surface area contributed by atoms with E-state index >= 15 is 0 Å². The Morgan fingerprint density at radius 3 is 1.89 bits per heavy atom. The van der Waals surface area contributed by atoms with E-state index in [9.17, 15) is 18.3 Å². The number of hydrogen-bond donors (Lipinski definition) is 2. The summed E-state index contributed by atoms with van der Waals surface area (Å²) < 4.78 is 35.6. The molecule has 0 rings (SSSR count). The molecule has 0 saturated heterocycles. The number of aliphatic hydroxyl groups excluding tert-OH is 1. The van der Waals surface area contributed by atoms with Crippen LogP contribution in [-0.4, -0.2) is 52.2 Å². The average Bonchev–Trinajstić information content (AvgIpc) is 2.06. The van der Waals surface area contributed by atoms with E-state index in [0.29, 0.717) is 0 Å². The molecule has 0 aromatic rings. The summed E-state index contributed by atoms with van der Waals surface area (Å²) in [5, 5.41) is 9.38. The molecule has 1 amide bonds. The predicted molar refractivity (Wildman–Crippen MR) is 70.2 cm³/mol. The Bertz CT molecular complexity index is 417. The number of amides is 1. The third-order valence-electron chi connectivity index (χ3n) is 2.11. The Kier molecular flexibility index (Phi) is 5.38. The molecule has 1 unspecified atom stereocenters. The number of β-amino-alcohol motifs (C(OH)–C–C–N with tert-alkyl or cyclic N) is 1. The first-order chi connectivity index (χ1) is 8.14. The average molecular weight is 297 g/mol. The molecule has 0 aromatic carbocycles. The van der Waals surface area contributed by atoms with E-state index in [4.69, 9.17) is 9.29 Å². The van der Waals surface area contributed by atoms with Gasteiger partial charge in [-0.15, -0.1) is 0 Å². The van der Waals surface area contributed by atoms with Crippen LogP contribution in [0, 0.1) is 0 Å². The van der Waals surface area contributed by atoms with Crippen molar-refractivity contribution in [2.24, 2.45) is 0 Å². The van der Waals surface area contributed by atoms with Crippen LogP contribution in [-0.2, 0) is 14.9 Å². The van der Waals surface area contributed by atoms with E-state index in [1.54, 1.807) is 41.5 Å². The van der Waals surface area contributed by atoms with Gasteiger partial charge < -0.3 is 9.84 Å². The van der Waals surface area contributed by atoms with Gasteiger partial charge in [0.05, 0.1) is 6.54 Å². The van der Waals surface area contributed by atoms with Crippen molar-refractivity contribution >= 4 is 16.2 Å². The lowest BCUT2D eigenvalue weighted by molar-refractivity contribution is -0.00105. The number of carbonyl (C=O) groups is 1. The highest BCUT2D eigenvalue weighted by Crippen LogP contribution is 2.19. The first-order valence-electron chi connectivity index (χ1n) is 5.79. The van der Waals surface area contributed by atoms with E-state index in [-0.39, 0.29) is 0 Å². The van der Waals surface area contributed by atoms with Crippen molar-refractivity contribution in [3.8, 4) is 0 Å². The Morgan fingerprint density at radius 2 is 1.63 bits per heavy atom. The smallest absolute Gasteiger partial charge is 0.410 e. The summed E-state index contributed by atoms with van der Waals surface area (Å²) >= 11 is 0. The molecule has 0 fully saturated rings. The standard InChI is InChI=1S/C11H23NO6S/c1-10(2,3)12(7-8(13)19(15,16)17)9(14)18-11(4,5)6/h8,13H,7H2,1-6H3,(H,15,16,17). The zero-order valence-corrected chi connectivity index (χ0v) is 13.0. The second-order valence-electron chi connectivity index (χ2n) is 6.23. The SMILES string of the molecule is CC(C)(C)OC(=O)N(CC(O)S(=O)(=O)O)C(C)(C)C. The molecule has 0 aliphatic heterocycles. The summed E-state index contributed by atoms with van der Waals surface area (Å²) in [6.07, 6.45) is -0.761. The minimum atomic E-state index is -4.63. The zero-order valence-electron chi connectivity index (χ0n) is 12.2. The fourth-order valence-corrected chi connectivity index (χ4v) is 1.53. The molecule has 8 heteroatoms. The second-order valence-corrected chi connectivity index (χ2v) is 7.81. The maximum atomic E-state index is 12.0. The lowest BCUT2D eigenvalue weighted by Gasteiger charge is -2.37. The number of carbonyl (C=O) groups excluding carboxylic acids is 1. The first kappa shape index (κ1) is 18.1. The lowest BCUT2D eigenvalue weighted by Crippen LogP contribution is -2.52. The summed E-state index contributed by atoms with van der Waals surface area (Å²) in [5.41, 5.74) is -3.59. The monoisotopic (exact) mass is 297 g/mol. The van der Waals surface area contributed by atoms with Gasteiger partial charge in [-0.3, -0.25) is 9.45 Å². The molecule has 0 radical (unpaired) electrons. The van der Waals surface area contributed by atoms with Crippen molar-refractivity contribution in [3.63, 3.8) is 0 Å². The molecular formula is C11H23NO6S. The molecule has 0 heterocycles. The molecule has 0 spiro atoms. The molecule has 19 heavy (non-hydrogen) atoms. The van der Waals surface area contributed by atoms with Crippen molar-refractivity contribution in [3.05, 3.63) is 0 Å². The quantitative estimate of drug-likeness (QED) is 0.759. The van der Waals surface area contributed by atoms with Crippen LogP contribution in [0.4, 0.5) is 4.79 Å². The number of nitrogens with zero attached hydrogens (tertiary/aromatic N) is 1. The summed E-state index contributed by atoms with van der Waals surface area (Å²) in [4.78, 5) is 13.0. The number of rotatable bonds is 3. The third kappa shape index (κ3) is 6.74. The van der Waals surface area contributed by atoms with Gasteiger partial charge in [0.15, 0.2) is 5.44 Å². The molecule has 114 valence electrons. The van der Waals surface area contributed by atoms with Gasteiger partial charge in [-0.2, -0.15) is 8.42 Å². The molecule has 0 aromatic heterocycles. The van der Waals surface area contributed by atoms with E-state index in [2.05, 4.69) is 0 Å². The fraction of sp³-hybridized carbons (Fsp3) is 0.909. The molecule has 1 atom stereocenters. The van der Waals surface area contributed by atoms with Crippen LogP contribution < -0.4 is 0 Å². The highest BCUT2D eigenvalue weighted by molar-refractivity contribution is 7.86. The number of ether oxygens (including phenoxy) is 1. The van der Waals surface area contributed by atoms with Gasteiger partial charge in [0.1, 0.15) is 5.60 Å². The lowest BCUT2D eigenvalue weighted by atomic mass is 10.1. The van der Waals surface area contributed by atoms with Crippen LogP contribution in [0.2, 0.25) is 0 Å². The molecule has 0 aliphatic rings. The molecule has 2 N–H and O–H groups in total. The third-order valence-corrected chi connectivity index (χ3v) is 2.94. The van der Waals surface area contributed by atoms with Gasteiger partial charge in [0, 0.05) is 5.54 Å². The maximum Gasteiger partial charge on any atom is 0.410 e. The van der Waals surface area contributed by atoms with Gasteiger partial charge in [-0.05, 0) is 41.5 Å². The molecule has 0 saturated carbocycles. The minimum Gasteiger partial charge on any atom is -0.444 e. The topological polar surface area (TPSA) is 104 Å². The molecule has 7 nitrogen and oxygen atoms in total. The normalized spacial score (nSPS) is 14.9. The predicted octanol–water partition coefficient (Wildman–Crippen LogP) is 1.23. The van der Waals surface area contributed by atoms with Crippen molar-refractivity contribution in [2.45, 2.75) is 58.1 Å². The van der Waals surface area contributed by atoms with E-state index in [0.717, 1.165) is 4.90 Å². The Morgan fingerprint density at radius 1 is 1.21 bits per heavy atom. The largest absolute Gasteiger partial charge is 0.444 e. The van der Waals surface area contributed by atoms with Crippen LogP contribution in [0.15, 0.2) is 0 Å². The summed E-state index contributed by atoms with van der Waals surface area (Å²) in [6, 6.07) is 0. The van der Waals surface area contributed by atoms with Gasteiger partial charge in [-0.1, -0.05) is 0 Å². The van der Waals surface area contributed by atoms with E-state index < -0.39 is 39.3 Å². The summed E-state index contributed by atoms with van der Waals surface area (Å²) in [5.74, 6) is 0. The Balaban J connectivity index is 5.11. The molecule has 0 bridgehead atoms. The van der Waals surface area contributed by atoms with Crippen molar-refractivity contribution in [1.29, 1.82) is 0 Å². The molecular weight excluding hydrogens is 274 g/mol. The van der Waals surface area contributed by atoms with Crippen LogP contribution in [0.1, 0.15) is 41.5 Å². The van der Waals surface area contributed by atoms with E-state index in [1.807, 2.05) is 0 Å². The Hall–Kier alpha value is -0.860. The summed E-state index contributed by atoms with van der Waals surface area (Å²) in [7, 11) is -4.63. The van der Waals surface area contributed by atoms with Gasteiger partial charge in [0.25, 0.3) is 10.1 Å². The zero-order chi connectivity index (χ0) is 15.6. The first-order valence-corrected chi connectivity index (χ1v) is 7.30. The van der Waals surface area contributed by atoms with Gasteiger partial charge in [-0.25, -0.2) is 4.79 Å². The fourth-order valence-electron chi connectivity index (χ4n) is 1.19. The summed E-state index contributed by atoms with van der Waals surface area (Å²) in [6.45, 7) is 9.42.